The molecule has 0 fully saturated rings. The molecule has 1 aliphatic heterocycles. The van der Waals surface area contributed by atoms with Crippen molar-refractivity contribution in [2.45, 2.75) is 19.3 Å². The molecule has 1 unspecified atom stereocenters. The molecule has 0 radical (unpaired) electrons. The number of hydrogen-bond donors (Lipinski definition) is 1. The Balaban J connectivity index is 2.16. The first-order valence-corrected chi connectivity index (χ1v) is 5.92. The molecule has 2 aromatic rings. The van der Waals surface area contributed by atoms with E-state index in [1.165, 1.54) is 0 Å². The summed E-state index contributed by atoms with van der Waals surface area (Å²) in [6.45, 7) is 1.90. The quantitative estimate of drug-likeness (QED) is 0.800. The Bertz CT molecular complexity index is 634. The third-order valence-corrected chi connectivity index (χ3v) is 3.25. The second-order valence-corrected chi connectivity index (χ2v) is 4.49. The van der Waals surface area contributed by atoms with E-state index in [2.05, 4.69) is 0 Å². The van der Waals surface area contributed by atoms with Gasteiger partial charge < -0.3 is 19.1 Å². The fourth-order valence-corrected chi connectivity index (χ4v) is 2.37. The molecule has 0 aliphatic carbocycles. The van der Waals surface area contributed by atoms with Gasteiger partial charge in [0.05, 0.1) is 18.0 Å². The number of para-hydroxylation sites is 1. The van der Waals surface area contributed by atoms with Crippen LogP contribution in [0.4, 0.5) is 4.79 Å². The van der Waals surface area contributed by atoms with Crippen molar-refractivity contribution in [1.82, 2.24) is 4.57 Å². The number of nitrogens with zero attached hydrogens (tertiary/aromatic N) is 1. The van der Waals surface area contributed by atoms with E-state index in [-0.39, 0.29) is 0 Å². The van der Waals surface area contributed by atoms with Gasteiger partial charge in [-0.15, -0.1) is 0 Å². The summed E-state index contributed by atoms with van der Waals surface area (Å²) in [5, 5.41) is 8.89. The Labute approximate surface area is 110 Å². The van der Waals surface area contributed by atoms with E-state index >= 15 is 0 Å². The molecule has 1 aliphatic rings. The summed E-state index contributed by atoms with van der Waals surface area (Å²) in [5.41, 5.74) is 2.61. The molecule has 98 valence electrons. The molecule has 1 atom stereocenters. The predicted molar refractivity (Wildman–Crippen MR) is 67.0 cm³/mol. The molecule has 1 aromatic heterocycles. The van der Waals surface area contributed by atoms with Gasteiger partial charge in [-0.3, -0.25) is 0 Å². The third-order valence-electron chi connectivity index (χ3n) is 3.25. The summed E-state index contributed by atoms with van der Waals surface area (Å²) >= 11 is 0. The summed E-state index contributed by atoms with van der Waals surface area (Å²) in [7, 11) is 0. The summed E-state index contributed by atoms with van der Waals surface area (Å²) in [6.07, 6.45) is 0.507. The Morgan fingerprint density at radius 1 is 1.37 bits per heavy atom. The number of fused-ring (bicyclic) bond motifs is 3. The molecule has 3 rings (SSSR count). The molecule has 5 nitrogen and oxygen atoms in total. The highest BCUT2D eigenvalue weighted by Gasteiger charge is 2.37. The fraction of sp³-hybridized carbons (Fsp3) is 0.214. The molecular formula is C14H13NO4. The first kappa shape index (κ1) is 11.8. The van der Waals surface area contributed by atoms with E-state index < -0.39 is 11.9 Å². The Hall–Kier alpha value is -2.27. The topological polar surface area (TPSA) is 60.7 Å². The number of rotatable bonds is 1. The van der Waals surface area contributed by atoms with Crippen LogP contribution in [0, 0.1) is 0 Å². The molecule has 1 aromatic carbocycles. The van der Waals surface area contributed by atoms with E-state index in [4.69, 9.17) is 14.6 Å². The third kappa shape index (κ3) is 1.88. The minimum atomic E-state index is -1.36. The van der Waals surface area contributed by atoms with Crippen molar-refractivity contribution in [2.75, 3.05) is 0 Å². The zero-order valence-corrected chi connectivity index (χ0v) is 10.4. The van der Waals surface area contributed by atoms with Gasteiger partial charge in [0.25, 0.3) is 5.79 Å². The SMILES string of the molecule is CC1(OC(=O)O)OCc2ccccc2-n2cccc21. The van der Waals surface area contributed by atoms with Crippen molar-refractivity contribution in [3.8, 4) is 5.69 Å². The van der Waals surface area contributed by atoms with Crippen LogP contribution in [0.3, 0.4) is 0 Å². The van der Waals surface area contributed by atoms with E-state index in [1.54, 1.807) is 13.0 Å². The average Bonchev–Trinajstić information content (AvgIpc) is 2.82. The van der Waals surface area contributed by atoms with Gasteiger partial charge in [0.15, 0.2) is 0 Å². The summed E-state index contributed by atoms with van der Waals surface area (Å²) in [5.74, 6) is -1.31. The molecule has 2 heterocycles. The number of ether oxygens (including phenoxy) is 2. The van der Waals surface area contributed by atoms with Gasteiger partial charge in [0.2, 0.25) is 0 Å². The van der Waals surface area contributed by atoms with Crippen molar-refractivity contribution in [3.05, 3.63) is 53.9 Å². The maximum absolute atomic E-state index is 10.9. The Kier molecular flexibility index (Phi) is 2.57. The molecule has 19 heavy (non-hydrogen) atoms. The zero-order chi connectivity index (χ0) is 13.5. The second kappa shape index (κ2) is 4.13. The maximum Gasteiger partial charge on any atom is 0.508 e. The van der Waals surface area contributed by atoms with Gasteiger partial charge in [-0.1, -0.05) is 18.2 Å². The van der Waals surface area contributed by atoms with Crippen LogP contribution in [-0.2, 0) is 21.9 Å². The van der Waals surface area contributed by atoms with Crippen LogP contribution in [-0.4, -0.2) is 15.8 Å². The molecule has 0 saturated heterocycles. The summed E-state index contributed by atoms with van der Waals surface area (Å²) in [4.78, 5) is 10.9. The number of hydrogen-bond acceptors (Lipinski definition) is 3. The lowest BCUT2D eigenvalue weighted by atomic mass is 10.2. The van der Waals surface area contributed by atoms with Crippen LogP contribution in [0.1, 0.15) is 18.2 Å². The van der Waals surface area contributed by atoms with Crippen molar-refractivity contribution >= 4 is 6.16 Å². The molecule has 5 heteroatoms. The fourth-order valence-electron chi connectivity index (χ4n) is 2.37. The molecular weight excluding hydrogens is 246 g/mol. The van der Waals surface area contributed by atoms with E-state index in [0.717, 1.165) is 11.3 Å². The maximum atomic E-state index is 10.9. The van der Waals surface area contributed by atoms with Crippen molar-refractivity contribution in [2.24, 2.45) is 0 Å². The van der Waals surface area contributed by atoms with Gasteiger partial charge in [0.1, 0.15) is 0 Å². The van der Waals surface area contributed by atoms with Gasteiger partial charge >= 0.3 is 6.16 Å². The van der Waals surface area contributed by atoms with Gasteiger partial charge in [-0.25, -0.2) is 4.79 Å². The summed E-state index contributed by atoms with van der Waals surface area (Å²) < 4.78 is 12.5. The first-order chi connectivity index (χ1) is 9.10. The highest BCUT2D eigenvalue weighted by atomic mass is 16.8. The number of aromatic nitrogens is 1. The minimum absolute atomic E-state index is 0.293. The summed E-state index contributed by atoms with van der Waals surface area (Å²) in [6, 6.07) is 11.4. The standard InChI is InChI=1S/C14H13NO4/c1-14(19-13(16)17)12-7-4-8-15(12)11-6-3-2-5-10(11)9-18-14/h2-8H,9H2,1H3,(H,16,17). The van der Waals surface area contributed by atoms with Crippen LogP contribution < -0.4 is 0 Å². The molecule has 0 spiro atoms. The monoisotopic (exact) mass is 259 g/mol. The number of benzene rings is 1. The smallest absolute Gasteiger partial charge is 0.450 e. The molecule has 1 N–H and O–H groups in total. The van der Waals surface area contributed by atoms with Gasteiger partial charge in [-0.05, 0) is 18.2 Å². The molecule has 0 bridgehead atoms. The van der Waals surface area contributed by atoms with E-state index in [1.807, 2.05) is 41.1 Å². The largest absolute Gasteiger partial charge is 0.508 e. The Morgan fingerprint density at radius 3 is 2.95 bits per heavy atom. The van der Waals surface area contributed by atoms with Crippen LogP contribution in [0.2, 0.25) is 0 Å². The normalized spacial score (nSPS) is 21.1. The number of carboxylic acid groups (broad SMARTS) is 1. The minimum Gasteiger partial charge on any atom is -0.450 e. The van der Waals surface area contributed by atoms with E-state index in [0.29, 0.717) is 12.3 Å². The van der Waals surface area contributed by atoms with Crippen molar-refractivity contribution in [1.29, 1.82) is 0 Å². The lowest BCUT2D eigenvalue weighted by Gasteiger charge is -2.26. The van der Waals surface area contributed by atoms with Crippen molar-refractivity contribution < 1.29 is 19.4 Å². The predicted octanol–water partition coefficient (Wildman–Crippen LogP) is 2.87. The van der Waals surface area contributed by atoms with Crippen LogP contribution in [0.25, 0.3) is 5.69 Å². The highest BCUT2D eigenvalue weighted by molar-refractivity contribution is 5.58. The van der Waals surface area contributed by atoms with Crippen molar-refractivity contribution in [3.63, 3.8) is 0 Å². The van der Waals surface area contributed by atoms with Gasteiger partial charge in [-0.2, -0.15) is 0 Å². The highest BCUT2D eigenvalue weighted by Crippen LogP contribution is 2.35. The van der Waals surface area contributed by atoms with Crippen LogP contribution in [0.5, 0.6) is 0 Å². The molecule has 0 saturated carbocycles. The molecule has 0 amide bonds. The Morgan fingerprint density at radius 2 is 2.16 bits per heavy atom. The number of carbonyl (C=O) groups is 1. The van der Waals surface area contributed by atoms with Crippen LogP contribution >= 0.6 is 0 Å². The lowest BCUT2D eigenvalue weighted by Crippen LogP contribution is -2.32. The second-order valence-electron chi connectivity index (χ2n) is 4.49. The first-order valence-electron chi connectivity index (χ1n) is 5.92. The van der Waals surface area contributed by atoms with Crippen LogP contribution in [0.15, 0.2) is 42.6 Å². The van der Waals surface area contributed by atoms with Gasteiger partial charge in [0, 0.05) is 18.7 Å². The van der Waals surface area contributed by atoms with E-state index in [9.17, 15) is 4.79 Å². The average molecular weight is 259 g/mol. The zero-order valence-electron chi connectivity index (χ0n) is 10.4. The lowest BCUT2D eigenvalue weighted by molar-refractivity contribution is -0.215.